The van der Waals surface area contributed by atoms with E-state index in [0.29, 0.717) is 17.9 Å². The van der Waals surface area contributed by atoms with Gasteiger partial charge in [-0.3, -0.25) is 9.59 Å². The normalized spacial score (nSPS) is 29.7. The molecule has 1 aromatic heterocycles. The predicted octanol–water partition coefficient (Wildman–Crippen LogP) is 0.740. The zero-order valence-electron chi connectivity index (χ0n) is 19.2. The van der Waals surface area contributed by atoms with E-state index < -0.39 is 39.9 Å². The number of carboxylic acid groups (broad SMARTS) is 1. The number of fused-ring (bicyclic) bond motifs is 1. The largest absolute Gasteiger partial charge is 0.477 e. The number of aliphatic carboxylic acids is 1. The van der Waals surface area contributed by atoms with Gasteiger partial charge < -0.3 is 20.2 Å². The highest BCUT2D eigenvalue weighted by Gasteiger charge is 2.60. The van der Waals surface area contributed by atoms with Crippen molar-refractivity contribution in [1.82, 2.24) is 19.8 Å². The summed E-state index contributed by atoms with van der Waals surface area (Å²) in [4.78, 5) is 40.9. The molecule has 186 valence electrons. The summed E-state index contributed by atoms with van der Waals surface area (Å²) in [5.74, 6) is -2.53. The van der Waals surface area contributed by atoms with Crippen LogP contribution >= 0.6 is 23.1 Å². The summed E-state index contributed by atoms with van der Waals surface area (Å²) in [6, 6.07) is 1.68. The second-order valence-corrected chi connectivity index (χ2v) is 13.3. The van der Waals surface area contributed by atoms with Crippen molar-refractivity contribution in [3.63, 3.8) is 0 Å². The van der Waals surface area contributed by atoms with Crippen LogP contribution in [0, 0.1) is 11.8 Å². The first-order chi connectivity index (χ1) is 15.9. The maximum absolute atomic E-state index is 13.0. The molecule has 0 unspecified atom stereocenters. The number of amides is 2. The number of sulfonamides is 1. The molecule has 0 bridgehead atoms. The van der Waals surface area contributed by atoms with Crippen LogP contribution in [0.5, 0.6) is 0 Å². The summed E-state index contributed by atoms with van der Waals surface area (Å²) in [5.41, 5.74) is -0.0283. The predicted molar refractivity (Wildman–Crippen MR) is 129 cm³/mol. The standard InChI is InChI=1S/C21H28N4O6S3/c1-10-16-15(11(2)23-34(30,31)14-6-5-7-32-14)20(27)25(16)17(21(28)29)18(10)33-12-8-13(22-9-12)19(26)24(3)4/h5-7,10-13,15-16,22-23H,8-9H2,1-4H3,(H,28,29)/t10-,11-,12+,13+,15-,16+/m1/s1. The number of likely N-dealkylation sites (N-methyl/N-ethyl adjacent to an activating group) is 1. The van der Waals surface area contributed by atoms with Crippen LogP contribution in [0.15, 0.2) is 32.3 Å². The third kappa shape index (κ3) is 4.28. The molecule has 1 aromatic rings. The molecule has 2 saturated heterocycles. The molecule has 2 fully saturated rings. The number of carbonyl (C=O) groups excluding carboxylic acids is 2. The summed E-state index contributed by atoms with van der Waals surface area (Å²) in [7, 11) is -0.385. The summed E-state index contributed by atoms with van der Waals surface area (Å²) >= 11 is 2.49. The SMILES string of the molecule is C[C@@H](NS(=O)(=O)c1cccs1)[C@H]1C(=O)N2C(C(=O)O)=C(S[C@@H]3CN[C@H](C(=O)N(C)C)C3)[C@H](C)[C@@H]12. The Bertz CT molecular complexity index is 1130. The minimum atomic E-state index is -3.77. The molecular formula is C21H28N4O6S3. The minimum absolute atomic E-state index is 0.0114. The number of nitrogens with zero attached hydrogens (tertiary/aromatic N) is 2. The van der Waals surface area contributed by atoms with E-state index in [1.165, 1.54) is 27.6 Å². The molecule has 3 aliphatic rings. The fourth-order valence-electron chi connectivity index (χ4n) is 4.96. The number of thiophene rings is 1. The molecule has 0 aliphatic carbocycles. The summed E-state index contributed by atoms with van der Waals surface area (Å²) in [6.45, 7) is 4.07. The van der Waals surface area contributed by atoms with Gasteiger partial charge in [0, 0.05) is 42.8 Å². The number of carbonyl (C=O) groups is 3. The Morgan fingerprint density at radius 1 is 1.38 bits per heavy atom. The third-order valence-corrected chi connectivity index (χ3v) is 11.0. The average molecular weight is 529 g/mol. The molecule has 2 amide bonds. The Labute approximate surface area is 206 Å². The molecule has 0 aromatic carbocycles. The topological polar surface area (TPSA) is 136 Å². The highest BCUT2D eigenvalue weighted by atomic mass is 32.2. The summed E-state index contributed by atoms with van der Waals surface area (Å²) in [5, 5.41) is 14.8. The lowest BCUT2D eigenvalue weighted by atomic mass is 9.78. The van der Waals surface area contributed by atoms with Gasteiger partial charge in [-0.1, -0.05) is 13.0 Å². The maximum atomic E-state index is 13.0. The fourth-order valence-corrected chi connectivity index (χ4v) is 8.72. The van der Waals surface area contributed by atoms with Crippen LogP contribution in [0.25, 0.3) is 0 Å². The van der Waals surface area contributed by atoms with Crippen LogP contribution < -0.4 is 10.0 Å². The monoisotopic (exact) mass is 528 g/mol. The number of hydrogen-bond donors (Lipinski definition) is 3. The summed E-state index contributed by atoms with van der Waals surface area (Å²) in [6.07, 6.45) is 0.559. The Morgan fingerprint density at radius 2 is 2.09 bits per heavy atom. The second kappa shape index (κ2) is 9.26. The van der Waals surface area contributed by atoms with Crippen LogP contribution in [0.2, 0.25) is 0 Å². The molecule has 3 aliphatic heterocycles. The first kappa shape index (κ1) is 25.2. The van der Waals surface area contributed by atoms with E-state index in [-0.39, 0.29) is 33.0 Å². The number of nitrogens with one attached hydrogen (secondary N) is 2. The molecule has 0 spiro atoms. The molecule has 3 N–H and O–H groups in total. The molecule has 10 nitrogen and oxygen atoms in total. The molecule has 0 saturated carbocycles. The van der Waals surface area contributed by atoms with Crippen molar-refractivity contribution >= 4 is 50.9 Å². The van der Waals surface area contributed by atoms with Gasteiger partial charge in [-0.25, -0.2) is 17.9 Å². The highest BCUT2D eigenvalue weighted by Crippen LogP contribution is 2.52. The van der Waals surface area contributed by atoms with E-state index in [1.807, 2.05) is 6.92 Å². The molecule has 6 atom stereocenters. The fraction of sp³-hybridized carbons (Fsp3) is 0.571. The Morgan fingerprint density at radius 3 is 2.68 bits per heavy atom. The van der Waals surface area contributed by atoms with E-state index >= 15 is 0 Å². The molecule has 0 radical (unpaired) electrons. The van der Waals surface area contributed by atoms with Crippen molar-refractivity contribution in [1.29, 1.82) is 0 Å². The van der Waals surface area contributed by atoms with Gasteiger partial charge in [-0.05, 0) is 24.8 Å². The van der Waals surface area contributed by atoms with Gasteiger partial charge >= 0.3 is 5.97 Å². The van der Waals surface area contributed by atoms with Crippen molar-refractivity contribution in [3.8, 4) is 0 Å². The molecule has 34 heavy (non-hydrogen) atoms. The van der Waals surface area contributed by atoms with Crippen LogP contribution in [-0.2, 0) is 24.4 Å². The smallest absolute Gasteiger partial charge is 0.353 e. The summed E-state index contributed by atoms with van der Waals surface area (Å²) < 4.78 is 28.1. The van der Waals surface area contributed by atoms with Crippen molar-refractivity contribution in [2.24, 2.45) is 11.8 Å². The molecule has 4 heterocycles. The lowest BCUT2D eigenvalue weighted by molar-refractivity contribution is -0.157. The zero-order valence-corrected chi connectivity index (χ0v) is 21.7. The Hall–Kier alpha value is -1.93. The number of β-lactam (4-membered cyclic amide) rings is 1. The second-order valence-electron chi connectivity index (χ2n) is 9.04. The van der Waals surface area contributed by atoms with E-state index in [0.717, 1.165) is 11.3 Å². The van der Waals surface area contributed by atoms with Crippen LogP contribution in [0.3, 0.4) is 0 Å². The average Bonchev–Trinajstić information content (AvgIpc) is 3.48. The van der Waals surface area contributed by atoms with Crippen LogP contribution in [-0.4, -0.2) is 85.1 Å². The van der Waals surface area contributed by atoms with Crippen LogP contribution in [0.1, 0.15) is 20.3 Å². The minimum Gasteiger partial charge on any atom is -0.477 e. The number of thioether (sulfide) groups is 1. The van der Waals surface area contributed by atoms with Gasteiger partial charge in [0.1, 0.15) is 9.91 Å². The zero-order chi connectivity index (χ0) is 24.9. The number of hydrogen-bond acceptors (Lipinski definition) is 8. The first-order valence-corrected chi connectivity index (χ1v) is 14.2. The third-order valence-electron chi connectivity index (χ3n) is 6.55. The van der Waals surface area contributed by atoms with Gasteiger partial charge in [0.25, 0.3) is 0 Å². The van der Waals surface area contributed by atoms with Gasteiger partial charge in [0.05, 0.1) is 18.0 Å². The lowest BCUT2D eigenvalue weighted by Gasteiger charge is -2.47. The van der Waals surface area contributed by atoms with Crippen molar-refractivity contribution < 1.29 is 27.9 Å². The van der Waals surface area contributed by atoms with Gasteiger partial charge in [-0.2, -0.15) is 0 Å². The number of rotatable bonds is 8. The highest BCUT2D eigenvalue weighted by molar-refractivity contribution is 8.03. The van der Waals surface area contributed by atoms with E-state index in [9.17, 15) is 27.9 Å². The van der Waals surface area contributed by atoms with Crippen molar-refractivity contribution in [2.45, 2.75) is 47.9 Å². The van der Waals surface area contributed by atoms with Crippen molar-refractivity contribution in [2.75, 3.05) is 20.6 Å². The quantitative estimate of drug-likeness (QED) is 0.421. The van der Waals surface area contributed by atoms with Crippen molar-refractivity contribution in [3.05, 3.63) is 28.1 Å². The maximum Gasteiger partial charge on any atom is 0.353 e. The van der Waals surface area contributed by atoms with Gasteiger partial charge in [0.2, 0.25) is 21.8 Å². The Kier molecular flexibility index (Phi) is 6.86. The molecule has 4 rings (SSSR count). The molecule has 13 heteroatoms. The van der Waals surface area contributed by atoms with E-state index in [4.69, 9.17) is 0 Å². The number of carboxylic acids is 1. The lowest BCUT2D eigenvalue weighted by Crippen LogP contribution is -2.66. The Balaban J connectivity index is 1.50. The van der Waals surface area contributed by atoms with Gasteiger partial charge in [0.15, 0.2) is 0 Å². The van der Waals surface area contributed by atoms with Crippen LogP contribution in [0.4, 0.5) is 0 Å². The van der Waals surface area contributed by atoms with E-state index in [1.54, 1.807) is 32.5 Å². The first-order valence-electron chi connectivity index (χ1n) is 10.9. The molecular weight excluding hydrogens is 500 g/mol. The van der Waals surface area contributed by atoms with Gasteiger partial charge in [-0.15, -0.1) is 23.1 Å². The van der Waals surface area contributed by atoms with E-state index in [2.05, 4.69) is 10.0 Å².